The molecule has 0 atom stereocenters. The van der Waals surface area contributed by atoms with Gasteiger partial charge in [-0.15, -0.1) is 0 Å². The molecule has 32 heavy (non-hydrogen) atoms. The molecule has 8 heteroatoms. The Kier molecular flexibility index (Phi) is 8.28. The van der Waals surface area contributed by atoms with Crippen molar-refractivity contribution in [2.24, 2.45) is 0 Å². The molecule has 0 aliphatic rings. The summed E-state index contributed by atoms with van der Waals surface area (Å²) < 4.78 is 47.0. The van der Waals surface area contributed by atoms with Gasteiger partial charge in [0, 0.05) is 0 Å². The molecule has 0 saturated carbocycles. The van der Waals surface area contributed by atoms with Gasteiger partial charge in [-0.05, 0) is 93.6 Å². The average molecular weight is 458 g/mol. The summed E-state index contributed by atoms with van der Waals surface area (Å²) in [5, 5.41) is 0. The Labute approximate surface area is 188 Å². The minimum atomic E-state index is -4.10. The molecule has 0 bridgehead atoms. The van der Waals surface area contributed by atoms with Crippen LogP contribution in [-0.2, 0) is 4.57 Å². The molecule has 0 spiro atoms. The van der Waals surface area contributed by atoms with Crippen LogP contribution in [0.5, 0.6) is 34.5 Å². The number of hydrogen-bond donors (Lipinski definition) is 0. The van der Waals surface area contributed by atoms with Crippen molar-refractivity contribution in [1.29, 1.82) is 0 Å². The number of benzene rings is 3. The van der Waals surface area contributed by atoms with Gasteiger partial charge in [0.2, 0.25) is 0 Å². The van der Waals surface area contributed by atoms with Crippen LogP contribution >= 0.6 is 7.82 Å². The fourth-order valence-corrected chi connectivity index (χ4v) is 3.98. The first-order valence-electron chi connectivity index (χ1n) is 10.4. The lowest BCUT2D eigenvalue weighted by molar-refractivity contribution is 0.296. The van der Waals surface area contributed by atoms with Crippen LogP contribution in [0.4, 0.5) is 0 Å². The zero-order valence-electron chi connectivity index (χ0n) is 18.4. The lowest BCUT2D eigenvalue weighted by atomic mass is 10.3. The Morgan fingerprint density at radius 3 is 0.906 bits per heavy atom. The lowest BCUT2D eigenvalue weighted by Crippen LogP contribution is -2.07. The normalized spacial score (nSPS) is 10.8. The zero-order chi connectivity index (χ0) is 22.8. The van der Waals surface area contributed by atoms with E-state index >= 15 is 0 Å². The fourth-order valence-electron chi connectivity index (χ4n) is 2.73. The first-order valence-corrected chi connectivity index (χ1v) is 11.9. The summed E-state index contributed by atoms with van der Waals surface area (Å²) >= 11 is 0. The number of phosphoric ester groups is 1. The Bertz CT molecular complexity index is 870. The molecule has 3 aromatic carbocycles. The summed E-state index contributed by atoms with van der Waals surface area (Å²) in [6, 6.07) is 20.2. The molecule has 0 fully saturated rings. The maximum Gasteiger partial charge on any atom is 0.647 e. The maximum atomic E-state index is 13.6. The average Bonchev–Trinajstić information content (AvgIpc) is 2.78. The molecular weight excluding hydrogens is 431 g/mol. The smallest absolute Gasteiger partial charge is 0.494 e. The van der Waals surface area contributed by atoms with Crippen LogP contribution in [0.2, 0.25) is 0 Å². The van der Waals surface area contributed by atoms with E-state index in [9.17, 15) is 4.57 Å². The van der Waals surface area contributed by atoms with E-state index in [2.05, 4.69) is 0 Å². The van der Waals surface area contributed by atoms with Crippen molar-refractivity contribution < 1.29 is 32.3 Å². The number of rotatable bonds is 12. The Hall–Kier alpha value is -3.31. The number of phosphoric acid groups is 1. The quantitative estimate of drug-likeness (QED) is 0.286. The van der Waals surface area contributed by atoms with Crippen LogP contribution in [0, 0.1) is 0 Å². The van der Waals surface area contributed by atoms with Crippen LogP contribution in [-0.4, -0.2) is 19.8 Å². The highest BCUT2D eigenvalue weighted by Gasteiger charge is 2.33. The Balaban J connectivity index is 1.82. The molecule has 0 heterocycles. The predicted molar refractivity (Wildman–Crippen MR) is 122 cm³/mol. The van der Waals surface area contributed by atoms with Crippen molar-refractivity contribution in [2.75, 3.05) is 19.8 Å². The molecule has 170 valence electrons. The third kappa shape index (κ3) is 6.86. The van der Waals surface area contributed by atoms with E-state index in [-0.39, 0.29) is 0 Å². The third-order valence-corrected chi connectivity index (χ3v) is 5.36. The van der Waals surface area contributed by atoms with Gasteiger partial charge >= 0.3 is 7.82 Å². The first kappa shape index (κ1) is 23.4. The topological polar surface area (TPSA) is 72.5 Å². The van der Waals surface area contributed by atoms with Gasteiger partial charge in [-0.3, -0.25) is 0 Å². The largest absolute Gasteiger partial charge is 0.647 e. The molecule has 0 N–H and O–H groups in total. The summed E-state index contributed by atoms with van der Waals surface area (Å²) in [4.78, 5) is 0. The van der Waals surface area contributed by atoms with Crippen LogP contribution in [0.1, 0.15) is 20.8 Å². The van der Waals surface area contributed by atoms with E-state index in [1.165, 1.54) is 0 Å². The molecular formula is C24H27O7P. The molecule has 0 unspecified atom stereocenters. The summed E-state index contributed by atoms with van der Waals surface area (Å²) in [6.45, 7) is 7.32. The highest BCUT2D eigenvalue weighted by atomic mass is 31.2. The standard InChI is InChI=1S/C24H27O7P/c1-4-26-19-7-13-22(14-8-19)29-32(25,30-23-15-9-20(10-16-23)27-5-2)31-24-17-11-21(12-18-24)28-6-3/h7-18H,4-6H2,1-3H3. The summed E-state index contributed by atoms with van der Waals surface area (Å²) in [5.41, 5.74) is 0. The molecule has 7 nitrogen and oxygen atoms in total. The van der Waals surface area contributed by atoms with E-state index in [0.29, 0.717) is 54.3 Å². The van der Waals surface area contributed by atoms with Gasteiger partial charge in [-0.1, -0.05) is 0 Å². The second-order valence-corrected chi connectivity index (χ2v) is 7.88. The Morgan fingerprint density at radius 1 is 0.469 bits per heavy atom. The monoisotopic (exact) mass is 458 g/mol. The second-order valence-electron chi connectivity index (χ2n) is 6.43. The van der Waals surface area contributed by atoms with E-state index in [4.69, 9.17) is 27.8 Å². The molecule has 0 aromatic heterocycles. The fraction of sp³-hybridized carbons (Fsp3) is 0.250. The summed E-state index contributed by atoms with van der Waals surface area (Å²) in [5.74, 6) is 2.97. The van der Waals surface area contributed by atoms with E-state index in [1.54, 1.807) is 72.8 Å². The minimum absolute atomic E-state index is 0.314. The van der Waals surface area contributed by atoms with Gasteiger partial charge in [0.15, 0.2) is 0 Å². The lowest BCUT2D eigenvalue weighted by Gasteiger charge is -2.20. The SMILES string of the molecule is CCOc1ccc(OP(=O)(Oc2ccc(OCC)cc2)Oc2ccc(OCC)cc2)cc1. The van der Waals surface area contributed by atoms with E-state index in [0.717, 1.165) is 0 Å². The number of ether oxygens (including phenoxy) is 3. The molecule has 3 rings (SSSR count). The minimum Gasteiger partial charge on any atom is -0.494 e. The van der Waals surface area contributed by atoms with Crippen molar-refractivity contribution in [3.8, 4) is 34.5 Å². The van der Waals surface area contributed by atoms with Gasteiger partial charge in [0.05, 0.1) is 19.8 Å². The predicted octanol–water partition coefficient (Wildman–Crippen LogP) is 6.53. The van der Waals surface area contributed by atoms with Crippen molar-refractivity contribution in [2.45, 2.75) is 20.8 Å². The van der Waals surface area contributed by atoms with Crippen LogP contribution in [0.25, 0.3) is 0 Å². The molecule has 0 radical (unpaired) electrons. The highest BCUT2D eigenvalue weighted by Crippen LogP contribution is 2.50. The van der Waals surface area contributed by atoms with Crippen molar-refractivity contribution in [1.82, 2.24) is 0 Å². The number of hydrogen-bond acceptors (Lipinski definition) is 7. The van der Waals surface area contributed by atoms with Gasteiger partial charge in [-0.2, -0.15) is 4.57 Å². The summed E-state index contributed by atoms with van der Waals surface area (Å²) in [6.07, 6.45) is 0. The van der Waals surface area contributed by atoms with E-state index < -0.39 is 7.82 Å². The van der Waals surface area contributed by atoms with Crippen molar-refractivity contribution in [3.05, 3.63) is 72.8 Å². The third-order valence-electron chi connectivity index (χ3n) is 4.06. The summed E-state index contributed by atoms with van der Waals surface area (Å²) in [7, 11) is -4.10. The van der Waals surface area contributed by atoms with Gasteiger partial charge in [-0.25, -0.2) is 0 Å². The van der Waals surface area contributed by atoms with Gasteiger partial charge < -0.3 is 27.8 Å². The second kappa shape index (κ2) is 11.3. The Morgan fingerprint density at radius 2 is 0.688 bits per heavy atom. The van der Waals surface area contributed by atoms with Crippen molar-refractivity contribution in [3.63, 3.8) is 0 Å². The van der Waals surface area contributed by atoms with Crippen LogP contribution < -0.4 is 27.8 Å². The molecule has 0 amide bonds. The highest BCUT2D eigenvalue weighted by molar-refractivity contribution is 7.49. The molecule has 0 aliphatic heterocycles. The van der Waals surface area contributed by atoms with Gasteiger partial charge in [0.1, 0.15) is 34.5 Å². The van der Waals surface area contributed by atoms with E-state index in [1.807, 2.05) is 20.8 Å². The first-order chi connectivity index (χ1) is 15.5. The molecule has 0 aliphatic carbocycles. The van der Waals surface area contributed by atoms with Gasteiger partial charge in [0.25, 0.3) is 0 Å². The molecule has 0 saturated heterocycles. The van der Waals surface area contributed by atoms with Crippen molar-refractivity contribution >= 4 is 7.82 Å². The maximum absolute atomic E-state index is 13.6. The van der Waals surface area contributed by atoms with Crippen LogP contribution in [0.3, 0.4) is 0 Å². The van der Waals surface area contributed by atoms with Crippen LogP contribution in [0.15, 0.2) is 72.8 Å². The zero-order valence-corrected chi connectivity index (χ0v) is 19.2. The molecule has 3 aromatic rings.